The average molecular weight is 264 g/mol. The molecule has 1 aromatic rings. The second kappa shape index (κ2) is 6.16. The summed E-state index contributed by atoms with van der Waals surface area (Å²) < 4.78 is 10.9. The van der Waals surface area contributed by atoms with Gasteiger partial charge in [-0.3, -0.25) is 0 Å². The number of hydrogen-bond donors (Lipinski definition) is 1. The number of morpholine rings is 1. The Morgan fingerprint density at radius 2 is 2.21 bits per heavy atom. The summed E-state index contributed by atoms with van der Waals surface area (Å²) in [5.74, 6) is 1.65. The maximum atomic E-state index is 5.58. The third-order valence-electron chi connectivity index (χ3n) is 3.49. The average Bonchev–Trinajstić information content (AvgIpc) is 3.00. The zero-order chi connectivity index (χ0) is 12.9. The minimum atomic E-state index is 0.302. The molecule has 6 heteroatoms. The molecule has 2 aliphatic rings. The lowest BCUT2D eigenvalue weighted by atomic mass is 10.2. The van der Waals surface area contributed by atoms with E-state index in [-0.39, 0.29) is 0 Å². The molecule has 0 spiro atoms. The van der Waals surface area contributed by atoms with Crippen molar-refractivity contribution in [1.82, 2.24) is 9.97 Å². The lowest BCUT2D eigenvalue weighted by Crippen LogP contribution is -2.36. The van der Waals surface area contributed by atoms with Crippen molar-refractivity contribution in [2.45, 2.75) is 18.9 Å². The summed E-state index contributed by atoms with van der Waals surface area (Å²) in [5, 5.41) is 3.26. The van der Waals surface area contributed by atoms with Gasteiger partial charge in [-0.25, -0.2) is 4.98 Å². The van der Waals surface area contributed by atoms with Gasteiger partial charge in [-0.15, -0.1) is 0 Å². The third kappa shape index (κ3) is 3.33. The predicted molar refractivity (Wildman–Crippen MR) is 72.5 cm³/mol. The Hall–Kier alpha value is -1.40. The highest BCUT2D eigenvalue weighted by molar-refractivity contribution is 5.42. The molecule has 6 nitrogen and oxygen atoms in total. The van der Waals surface area contributed by atoms with Crippen molar-refractivity contribution in [3.05, 3.63) is 12.3 Å². The Morgan fingerprint density at radius 3 is 3.00 bits per heavy atom. The molecule has 0 amide bonds. The van der Waals surface area contributed by atoms with Crippen LogP contribution in [0.5, 0.6) is 0 Å². The first kappa shape index (κ1) is 12.6. The van der Waals surface area contributed by atoms with E-state index in [2.05, 4.69) is 20.2 Å². The zero-order valence-corrected chi connectivity index (χ0v) is 11.0. The first-order chi connectivity index (χ1) is 9.42. The van der Waals surface area contributed by atoms with E-state index in [0.717, 1.165) is 58.1 Å². The summed E-state index contributed by atoms with van der Waals surface area (Å²) in [6.45, 7) is 4.98. The molecule has 0 aliphatic carbocycles. The van der Waals surface area contributed by atoms with Gasteiger partial charge in [0.25, 0.3) is 0 Å². The van der Waals surface area contributed by atoms with Gasteiger partial charge in [0.15, 0.2) is 0 Å². The summed E-state index contributed by atoms with van der Waals surface area (Å²) in [5.41, 5.74) is 0. The Labute approximate surface area is 113 Å². The number of anilines is 2. The number of ether oxygens (including phenoxy) is 2. The molecule has 2 saturated heterocycles. The molecule has 0 saturated carbocycles. The van der Waals surface area contributed by atoms with Crippen molar-refractivity contribution >= 4 is 11.8 Å². The van der Waals surface area contributed by atoms with Gasteiger partial charge in [-0.05, 0) is 18.9 Å². The van der Waals surface area contributed by atoms with E-state index in [1.807, 2.05) is 6.07 Å². The van der Waals surface area contributed by atoms with Gasteiger partial charge in [0.2, 0.25) is 5.95 Å². The van der Waals surface area contributed by atoms with Crippen LogP contribution in [-0.2, 0) is 9.47 Å². The maximum absolute atomic E-state index is 5.58. The van der Waals surface area contributed by atoms with E-state index < -0.39 is 0 Å². The second-order valence-corrected chi connectivity index (χ2v) is 4.85. The maximum Gasteiger partial charge on any atom is 0.224 e. The molecule has 0 radical (unpaired) electrons. The van der Waals surface area contributed by atoms with E-state index in [4.69, 9.17) is 9.47 Å². The monoisotopic (exact) mass is 264 g/mol. The summed E-state index contributed by atoms with van der Waals surface area (Å²) in [6, 6.07) is 1.95. The van der Waals surface area contributed by atoms with E-state index in [9.17, 15) is 0 Å². The van der Waals surface area contributed by atoms with Gasteiger partial charge in [0.1, 0.15) is 5.82 Å². The zero-order valence-electron chi connectivity index (χ0n) is 11.0. The van der Waals surface area contributed by atoms with Crippen molar-refractivity contribution in [2.24, 2.45) is 0 Å². The number of nitrogens with one attached hydrogen (secondary N) is 1. The summed E-state index contributed by atoms with van der Waals surface area (Å²) >= 11 is 0. The molecular formula is C13H20N4O2. The molecule has 0 bridgehead atoms. The number of hydrogen-bond acceptors (Lipinski definition) is 6. The largest absolute Gasteiger partial charge is 0.378 e. The third-order valence-corrected chi connectivity index (χ3v) is 3.49. The topological polar surface area (TPSA) is 59.5 Å². The normalized spacial score (nSPS) is 23.6. The fourth-order valence-corrected chi connectivity index (χ4v) is 2.41. The van der Waals surface area contributed by atoms with Crippen LogP contribution in [0.25, 0.3) is 0 Å². The van der Waals surface area contributed by atoms with Gasteiger partial charge >= 0.3 is 0 Å². The molecule has 1 unspecified atom stereocenters. The van der Waals surface area contributed by atoms with Crippen LogP contribution in [0.1, 0.15) is 12.8 Å². The van der Waals surface area contributed by atoms with Crippen LogP contribution in [-0.4, -0.2) is 55.5 Å². The van der Waals surface area contributed by atoms with Gasteiger partial charge in [-0.2, -0.15) is 4.98 Å². The quantitative estimate of drug-likeness (QED) is 0.872. The highest BCUT2D eigenvalue weighted by Crippen LogP contribution is 2.15. The van der Waals surface area contributed by atoms with Crippen LogP contribution in [0.15, 0.2) is 12.3 Å². The SMILES string of the molecule is c1cc(N2CCOCC2)nc(NCC2CCCO2)n1. The Morgan fingerprint density at radius 1 is 1.32 bits per heavy atom. The Balaban J connectivity index is 1.58. The lowest BCUT2D eigenvalue weighted by Gasteiger charge is -2.27. The predicted octanol–water partition coefficient (Wildman–Crippen LogP) is 0.904. The first-order valence-electron chi connectivity index (χ1n) is 6.93. The number of aromatic nitrogens is 2. The first-order valence-corrected chi connectivity index (χ1v) is 6.93. The molecule has 3 rings (SSSR count). The molecular weight excluding hydrogens is 244 g/mol. The smallest absolute Gasteiger partial charge is 0.224 e. The highest BCUT2D eigenvalue weighted by Gasteiger charge is 2.16. The van der Waals surface area contributed by atoms with Crippen molar-refractivity contribution in [3.8, 4) is 0 Å². The molecule has 1 aromatic heterocycles. The fourth-order valence-electron chi connectivity index (χ4n) is 2.41. The lowest BCUT2D eigenvalue weighted by molar-refractivity contribution is 0.120. The molecule has 2 fully saturated rings. The van der Waals surface area contributed by atoms with Crippen molar-refractivity contribution in [3.63, 3.8) is 0 Å². The molecule has 19 heavy (non-hydrogen) atoms. The van der Waals surface area contributed by atoms with Crippen molar-refractivity contribution in [2.75, 3.05) is 49.7 Å². The molecule has 2 aliphatic heterocycles. The van der Waals surface area contributed by atoms with E-state index >= 15 is 0 Å². The van der Waals surface area contributed by atoms with Crippen LogP contribution in [0.2, 0.25) is 0 Å². The van der Waals surface area contributed by atoms with Crippen molar-refractivity contribution < 1.29 is 9.47 Å². The minimum absolute atomic E-state index is 0.302. The second-order valence-electron chi connectivity index (χ2n) is 4.85. The summed E-state index contributed by atoms with van der Waals surface area (Å²) in [4.78, 5) is 11.0. The van der Waals surface area contributed by atoms with Gasteiger partial charge < -0.3 is 19.7 Å². The molecule has 1 N–H and O–H groups in total. The van der Waals surface area contributed by atoms with Crippen LogP contribution < -0.4 is 10.2 Å². The molecule has 0 aromatic carbocycles. The molecule has 1 atom stereocenters. The van der Waals surface area contributed by atoms with E-state index in [1.54, 1.807) is 6.20 Å². The number of rotatable bonds is 4. The Bertz CT molecular complexity index is 403. The van der Waals surface area contributed by atoms with Crippen LogP contribution in [0.3, 0.4) is 0 Å². The van der Waals surface area contributed by atoms with Gasteiger partial charge in [0, 0.05) is 32.4 Å². The highest BCUT2D eigenvalue weighted by atomic mass is 16.5. The van der Waals surface area contributed by atoms with E-state index in [1.165, 1.54) is 0 Å². The number of nitrogens with zero attached hydrogens (tertiary/aromatic N) is 3. The van der Waals surface area contributed by atoms with E-state index in [0.29, 0.717) is 12.1 Å². The minimum Gasteiger partial charge on any atom is -0.378 e. The fraction of sp³-hybridized carbons (Fsp3) is 0.692. The van der Waals surface area contributed by atoms with Crippen LogP contribution in [0.4, 0.5) is 11.8 Å². The summed E-state index contributed by atoms with van der Waals surface area (Å²) in [7, 11) is 0. The van der Waals surface area contributed by atoms with Gasteiger partial charge in [0.05, 0.1) is 19.3 Å². The van der Waals surface area contributed by atoms with Crippen LogP contribution in [0, 0.1) is 0 Å². The molecule has 3 heterocycles. The molecule has 104 valence electrons. The standard InChI is InChI=1S/C13H20N4O2/c1-2-11(19-7-1)10-15-13-14-4-3-12(16-13)17-5-8-18-9-6-17/h3-4,11H,1-2,5-10H2,(H,14,15,16). The van der Waals surface area contributed by atoms with Crippen LogP contribution >= 0.6 is 0 Å². The van der Waals surface area contributed by atoms with Crippen molar-refractivity contribution in [1.29, 1.82) is 0 Å². The van der Waals surface area contributed by atoms with Gasteiger partial charge in [-0.1, -0.05) is 0 Å². The Kier molecular flexibility index (Phi) is 4.10. The summed E-state index contributed by atoms with van der Waals surface area (Å²) in [6.07, 6.45) is 4.38.